The number of nitrogens with zero attached hydrogens (tertiary/aromatic N) is 1. The van der Waals surface area contributed by atoms with Gasteiger partial charge in [-0.05, 0) is 48.6 Å². The fraction of sp³-hybridized carbons (Fsp3) is 0.294. The van der Waals surface area contributed by atoms with Crippen LogP contribution in [-0.2, 0) is 0 Å². The highest BCUT2D eigenvalue weighted by atomic mass is 79.9. The van der Waals surface area contributed by atoms with Crippen molar-refractivity contribution in [1.82, 2.24) is 0 Å². The molecule has 1 aliphatic rings. The Hall–Kier alpha value is -1.35. The Morgan fingerprint density at radius 2 is 1.75 bits per heavy atom. The lowest BCUT2D eigenvalue weighted by Crippen LogP contribution is -2.32. The first-order valence-corrected chi connectivity index (χ1v) is 7.78. The van der Waals surface area contributed by atoms with E-state index in [1.807, 2.05) is 6.07 Å². The molecule has 20 heavy (non-hydrogen) atoms. The number of hydrogen-bond donors (Lipinski definition) is 0. The molecule has 0 saturated carbocycles. The molecule has 0 unspecified atom stereocenters. The van der Waals surface area contributed by atoms with E-state index in [9.17, 15) is 4.39 Å². The lowest BCUT2D eigenvalue weighted by molar-refractivity contribution is 0.503. The van der Waals surface area contributed by atoms with Gasteiger partial charge in [-0.2, -0.15) is 0 Å². The molecule has 2 aromatic carbocycles. The molecule has 1 heterocycles. The molecular formula is C17H17BrFN. The molecule has 0 radical (unpaired) electrons. The Kier molecular flexibility index (Phi) is 4.06. The summed E-state index contributed by atoms with van der Waals surface area (Å²) >= 11 is 3.64. The first-order chi connectivity index (χ1) is 9.74. The lowest BCUT2D eigenvalue weighted by atomic mass is 9.89. The van der Waals surface area contributed by atoms with Gasteiger partial charge in [-0.15, -0.1) is 0 Å². The summed E-state index contributed by atoms with van der Waals surface area (Å²) in [5.74, 6) is 0.436. The van der Waals surface area contributed by atoms with Crippen LogP contribution in [-0.4, -0.2) is 13.1 Å². The van der Waals surface area contributed by atoms with Crippen LogP contribution in [0.25, 0.3) is 0 Å². The lowest BCUT2D eigenvalue weighted by Gasteiger charge is -2.34. The molecule has 0 N–H and O–H groups in total. The monoisotopic (exact) mass is 333 g/mol. The van der Waals surface area contributed by atoms with E-state index < -0.39 is 0 Å². The van der Waals surface area contributed by atoms with Gasteiger partial charge in [0.25, 0.3) is 0 Å². The maximum atomic E-state index is 13.3. The number of hydrogen-bond acceptors (Lipinski definition) is 1. The van der Waals surface area contributed by atoms with Crippen molar-refractivity contribution in [3.63, 3.8) is 0 Å². The molecule has 0 amide bonds. The van der Waals surface area contributed by atoms with Gasteiger partial charge in [-0.3, -0.25) is 0 Å². The van der Waals surface area contributed by atoms with Crippen LogP contribution in [0.5, 0.6) is 0 Å². The maximum absolute atomic E-state index is 13.3. The number of benzene rings is 2. The van der Waals surface area contributed by atoms with E-state index in [4.69, 9.17) is 0 Å². The van der Waals surface area contributed by atoms with E-state index in [0.29, 0.717) is 5.92 Å². The smallest absolute Gasteiger partial charge is 0.125 e. The Labute approximate surface area is 127 Å². The summed E-state index contributed by atoms with van der Waals surface area (Å²) in [5.41, 5.74) is 2.39. The number of rotatable bonds is 2. The topological polar surface area (TPSA) is 3.24 Å². The van der Waals surface area contributed by atoms with Crippen molar-refractivity contribution in [2.75, 3.05) is 18.0 Å². The molecule has 0 atom stereocenters. The second-order valence-electron chi connectivity index (χ2n) is 5.26. The van der Waals surface area contributed by atoms with Crippen LogP contribution in [0.15, 0.2) is 53.0 Å². The fourth-order valence-corrected chi connectivity index (χ4v) is 3.54. The molecule has 104 valence electrons. The average molecular weight is 334 g/mol. The molecule has 1 nitrogen and oxygen atoms in total. The van der Waals surface area contributed by atoms with Crippen molar-refractivity contribution in [1.29, 1.82) is 0 Å². The Morgan fingerprint density at radius 3 is 2.45 bits per heavy atom. The third-order valence-electron chi connectivity index (χ3n) is 4.01. The van der Waals surface area contributed by atoms with Crippen molar-refractivity contribution in [3.05, 3.63) is 64.4 Å². The van der Waals surface area contributed by atoms with Crippen LogP contribution >= 0.6 is 15.9 Å². The van der Waals surface area contributed by atoms with Gasteiger partial charge in [0, 0.05) is 23.2 Å². The summed E-state index contributed by atoms with van der Waals surface area (Å²) in [7, 11) is 0. The molecule has 3 rings (SSSR count). The Balaban J connectivity index is 1.70. The zero-order valence-corrected chi connectivity index (χ0v) is 12.8. The van der Waals surface area contributed by atoms with Gasteiger partial charge in [0.1, 0.15) is 5.82 Å². The highest BCUT2D eigenvalue weighted by molar-refractivity contribution is 9.10. The molecule has 1 aliphatic heterocycles. The van der Waals surface area contributed by atoms with Crippen molar-refractivity contribution >= 4 is 21.6 Å². The normalized spacial score (nSPS) is 16.4. The molecule has 0 aromatic heterocycles. The minimum atomic E-state index is -0.157. The van der Waals surface area contributed by atoms with Gasteiger partial charge < -0.3 is 4.90 Å². The van der Waals surface area contributed by atoms with E-state index >= 15 is 0 Å². The van der Waals surface area contributed by atoms with Crippen molar-refractivity contribution in [2.45, 2.75) is 18.8 Å². The van der Waals surface area contributed by atoms with Crippen LogP contribution in [0.4, 0.5) is 10.1 Å². The van der Waals surface area contributed by atoms with Crippen molar-refractivity contribution < 1.29 is 4.39 Å². The summed E-state index contributed by atoms with van der Waals surface area (Å²) in [4.78, 5) is 2.27. The molecule has 1 saturated heterocycles. The highest BCUT2D eigenvalue weighted by Gasteiger charge is 2.22. The van der Waals surface area contributed by atoms with E-state index in [-0.39, 0.29) is 5.82 Å². The van der Waals surface area contributed by atoms with Crippen molar-refractivity contribution in [2.24, 2.45) is 0 Å². The predicted molar refractivity (Wildman–Crippen MR) is 84.7 cm³/mol. The van der Waals surface area contributed by atoms with E-state index in [1.54, 1.807) is 12.1 Å². The van der Waals surface area contributed by atoms with Gasteiger partial charge in [0.05, 0.1) is 0 Å². The minimum Gasteiger partial charge on any atom is -0.371 e. The zero-order valence-electron chi connectivity index (χ0n) is 11.2. The van der Waals surface area contributed by atoms with E-state index in [2.05, 4.69) is 45.1 Å². The SMILES string of the molecule is Fc1cccc(N2CCC(c3ccccc3Br)CC2)c1. The maximum Gasteiger partial charge on any atom is 0.125 e. The van der Waals surface area contributed by atoms with Gasteiger partial charge in [-0.25, -0.2) is 4.39 Å². The fourth-order valence-electron chi connectivity index (χ4n) is 2.93. The minimum absolute atomic E-state index is 0.157. The van der Waals surface area contributed by atoms with Crippen LogP contribution in [0.2, 0.25) is 0 Å². The van der Waals surface area contributed by atoms with Crippen LogP contribution in [0.3, 0.4) is 0 Å². The summed E-state index contributed by atoms with van der Waals surface area (Å²) < 4.78 is 14.5. The third kappa shape index (κ3) is 2.88. The third-order valence-corrected chi connectivity index (χ3v) is 4.74. The number of halogens is 2. The molecule has 1 fully saturated rings. The Bertz CT molecular complexity index is 591. The number of anilines is 1. The second-order valence-corrected chi connectivity index (χ2v) is 6.12. The summed E-state index contributed by atoms with van der Waals surface area (Å²) in [6, 6.07) is 15.3. The van der Waals surface area contributed by atoms with Gasteiger partial charge >= 0.3 is 0 Å². The second kappa shape index (κ2) is 5.96. The molecule has 3 heteroatoms. The summed E-state index contributed by atoms with van der Waals surface area (Å²) in [5, 5.41) is 0. The average Bonchev–Trinajstić information content (AvgIpc) is 2.48. The van der Waals surface area contributed by atoms with Crippen LogP contribution in [0.1, 0.15) is 24.3 Å². The number of piperidine rings is 1. The molecule has 0 spiro atoms. The first-order valence-electron chi connectivity index (χ1n) is 6.99. The highest BCUT2D eigenvalue weighted by Crippen LogP contribution is 2.34. The predicted octanol–water partition coefficient (Wildman–Crippen LogP) is 4.97. The molecular weight excluding hydrogens is 317 g/mol. The summed E-state index contributed by atoms with van der Waals surface area (Å²) in [6.45, 7) is 1.96. The van der Waals surface area contributed by atoms with Crippen LogP contribution in [0, 0.1) is 5.82 Å². The molecule has 0 bridgehead atoms. The summed E-state index contributed by atoms with van der Waals surface area (Å²) in [6.07, 6.45) is 2.22. The van der Waals surface area contributed by atoms with Gasteiger partial charge in [0.2, 0.25) is 0 Å². The van der Waals surface area contributed by atoms with E-state index in [1.165, 1.54) is 16.1 Å². The van der Waals surface area contributed by atoms with Gasteiger partial charge in [0.15, 0.2) is 0 Å². The molecule has 0 aliphatic carbocycles. The molecule has 2 aromatic rings. The quantitative estimate of drug-likeness (QED) is 0.749. The zero-order chi connectivity index (χ0) is 13.9. The van der Waals surface area contributed by atoms with Crippen molar-refractivity contribution in [3.8, 4) is 0 Å². The van der Waals surface area contributed by atoms with E-state index in [0.717, 1.165) is 31.6 Å². The Morgan fingerprint density at radius 1 is 1.00 bits per heavy atom. The largest absolute Gasteiger partial charge is 0.371 e. The van der Waals surface area contributed by atoms with Crippen LogP contribution < -0.4 is 4.90 Å². The standard InChI is InChI=1S/C17H17BrFN/c18-17-7-2-1-6-16(17)13-8-10-20(11-9-13)15-5-3-4-14(19)12-15/h1-7,12-13H,8-11H2. The van der Waals surface area contributed by atoms with Gasteiger partial charge in [-0.1, -0.05) is 40.2 Å². The first kappa shape index (κ1) is 13.6.